The molecule has 6 heteroatoms. The van der Waals surface area contributed by atoms with Crippen molar-refractivity contribution >= 4 is 27.4 Å². The van der Waals surface area contributed by atoms with Gasteiger partial charge < -0.3 is 4.90 Å². The van der Waals surface area contributed by atoms with E-state index < -0.39 is 11.7 Å². The average Bonchev–Trinajstić information content (AvgIpc) is 2.29. The van der Waals surface area contributed by atoms with Crippen molar-refractivity contribution in [2.24, 2.45) is 0 Å². The van der Waals surface area contributed by atoms with E-state index >= 15 is 0 Å². The van der Waals surface area contributed by atoms with Gasteiger partial charge in [0.15, 0.2) is 0 Å². The van der Waals surface area contributed by atoms with Crippen LogP contribution in [0.4, 0.5) is 18.9 Å². The maximum absolute atomic E-state index is 12.6. The molecule has 1 fully saturated rings. The van der Waals surface area contributed by atoms with Gasteiger partial charge in [-0.1, -0.05) is 0 Å². The van der Waals surface area contributed by atoms with Crippen LogP contribution >= 0.6 is 15.9 Å². The third-order valence-electron chi connectivity index (χ3n) is 2.94. The van der Waals surface area contributed by atoms with E-state index in [1.165, 1.54) is 6.07 Å². The standard InChI is InChI=1S/C12H11BrF3NO/c13-10-2-1-8(12(14,15)16)7-11(10)17-5-3-9(18)4-6-17/h1-2,7H,3-6H2. The summed E-state index contributed by atoms with van der Waals surface area (Å²) in [7, 11) is 0. The summed E-state index contributed by atoms with van der Waals surface area (Å²) in [5.74, 6) is 0.161. The Hall–Kier alpha value is -1.04. The van der Waals surface area contributed by atoms with Crippen molar-refractivity contribution in [3.8, 4) is 0 Å². The van der Waals surface area contributed by atoms with Crippen LogP contribution in [0.1, 0.15) is 18.4 Å². The molecule has 0 amide bonds. The number of alkyl halides is 3. The van der Waals surface area contributed by atoms with Gasteiger partial charge in [-0.25, -0.2) is 0 Å². The van der Waals surface area contributed by atoms with E-state index in [2.05, 4.69) is 15.9 Å². The molecule has 0 spiro atoms. The van der Waals surface area contributed by atoms with Crippen molar-refractivity contribution in [3.05, 3.63) is 28.2 Å². The molecule has 1 aromatic carbocycles. The molecule has 0 aliphatic carbocycles. The quantitative estimate of drug-likeness (QED) is 0.787. The topological polar surface area (TPSA) is 20.3 Å². The Morgan fingerprint density at radius 3 is 2.33 bits per heavy atom. The number of hydrogen-bond donors (Lipinski definition) is 0. The molecule has 0 aromatic heterocycles. The summed E-state index contributed by atoms with van der Waals surface area (Å²) in [6.07, 6.45) is -3.56. The predicted molar refractivity (Wildman–Crippen MR) is 65.6 cm³/mol. The van der Waals surface area contributed by atoms with Crippen LogP contribution in [0.5, 0.6) is 0 Å². The zero-order valence-corrected chi connectivity index (χ0v) is 11.0. The number of carbonyl (C=O) groups excluding carboxylic acids is 1. The highest BCUT2D eigenvalue weighted by atomic mass is 79.9. The van der Waals surface area contributed by atoms with Crippen molar-refractivity contribution in [3.63, 3.8) is 0 Å². The van der Waals surface area contributed by atoms with E-state index in [0.29, 0.717) is 36.1 Å². The number of halogens is 4. The summed E-state index contributed by atoms with van der Waals surface area (Å²) in [6.45, 7) is 0.942. The Balaban J connectivity index is 2.29. The lowest BCUT2D eigenvalue weighted by atomic mass is 10.1. The van der Waals surface area contributed by atoms with E-state index in [1.54, 1.807) is 4.90 Å². The highest BCUT2D eigenvalue weighted by molar-refractivity contribution is 9.10. The van der Waals surface area contributed by atoms with Gasteiger partial charge in [0.1, 0.15) is 5.78 Å². The van der Waals surface area contributed by atoms with Gasteiger partial charge >= 0.3 is 6.18 Å². The number of Topliss-reactive ketones (excluding diaryl/α,β-unsaturated/α-hetero) is 1. The third-order valence-corrected chi connectivity index (χ3v) is 3.61. The smallest absolute Gasteiger partial charge is 0.370 e. The average molecular weight is 322 g/mol. The number of piperidine rings is 1. The van der Waals surface area contributed by atoms with Gasteiger partial charge in [-0.3, -0.25) is 4.79 Å². The molecule has 1 heterocycles. The van der Waals surface area contributed by atoms with Crippen LogP contribution in [0.15, 0.2) is 22.7 Å². The van der Waals surface area contributed by atoms with Gasteiger partial charge in [0.25, 0.3) is 0 Å². The highest BCUT2D eigenvalue weighted by Crippen LogP contribution is 2.36. The lowest BCUT2D eigenvalue weighted by Gasteiger charge is -2.29. The highest BCUT2D eigenvalue weighted by Gasteiger charge is 2.31. The largest absolute Gasteiger partial charge is 0.416 e. The Morgan fingerprint density at radius 2 is 1.78 bits per heavy atom. The number of ketones is 1. The summed E-state index contributed by atoms with van der Waals surface area (Å²) < 4.78 is 38.5. The molecule has 2 nitrogen and oxygen atoms in total. The number of carbonyl (C=O) groups is 1. The van der Waals surface area contributed by atoms with E-state index in [9.17, 15) is 18.0 Å². The normalized spacial score (nSPS) is 17.1. The second kappa shape index (κ2) is 4.91. The SMILES string of the molecule is O=C1CCN(c2cc(C(F)(F)F)ccc2Br)CC1. The van der Waals surface area contributed by atoms with Gasteiger partial charge in [0, 0.05) is 30.4 Å². The van der Waals surface area contributed by atoms with Crippen LogP contribution in [-0.4, -0.2) is 18.9 Å². The first-order valence-electron chi connectivity index (χ1n) is 5.51. The second-order valence-corrected chi connectivity index (χ2v) is 5.04. The molecule has 2 rings (SSSR count). The van der Waals surface area contributed by atoms with Crippen molar-refractivity contribution in [1.29, 1.82) is 0 Å². The van der Waals surface area contributed by atoms with Crippen molar-refractivity contribution in [2.45, 2.75) is 19.0 Å². The minimum atomic E-state index is -4.35. The molecule has 0 radical (unpaired) electrons. The number of benzene rings is 1. The van der Waals surface area contributed by atoms with Crippen LogP contribution in [-0.2, 0) is 11.0 Å². The Labute approximate surface area is 111 Å². The number of rotatable bonds is 1. The first kappa shape index (κ1) is 13.4. The van der Waals surface area contributed by atoms with E-state index in [1.807, 2.05) is 0 Å². The fourth-order valence-electron chi connectivity index (χ4n) is 1.93. The van der Waals surface area contributed by atoms with Crippen molar-refractivity contribution < 1.29 is 18.0 Å². The molecular formula is C12H11BrF3NO. The van der Waals surface area contributed by atoms with Gasteiger partial charge in [0.2, 0.25) is 0 Å². The summed E-state index contributed by atoms with van der Waals surface area (Å²) >= 11 is 3.25. The third kappa shape index (κ3) is 2.85. The molecule has 0 saturated carbocycles. The van der Waals surface area contributed by atoms with Crippen LogP contribution in [0.2, 0.25) is 0 Å². The van der Waals surface area contributed by atoms with Crippen LogP contribution in [0, 0.1) is 0 Å². The lowest BCUT2D eigenvalue weighted by Crippen LogP contribution is -2.34. The van der Waals surface area contributed by atoms with E-state index in [-0.39, 0.29) is 5.78 Å². The maximum Gasteiger partial charge on any atom is 0.416 e. The Kier molecular flexibility index (Phi) is 3.66. The van der Waals surface area contributed by atoms with Crippen molar-refractivity contribution in [1.82, 2.24) is 0 Å². The van der Waals surface area contributed by atoms with Crippen molar-refractivity contribution in [2.75, 3.05) is 18.0 Å². The fraction of sp³-hybridized carbons (Fsp3) is 0.417. The molecule has 98 valence electrons. The maximum atomic E-state index is 12.6. The number of hydrogen-bond acceptors (Lipinski definition) is 2. The number of nitrogens with zero attached hydrogens (tertiary/aromatic N) is 1. The zero-order chi connectivity index (χ0) is 13.3. The molecule has 1 aliphatic rings. The first-order valence-corrected chi connectivity index (χ1v) is 6.30. The molecule has 0 atom stereocenters. The Morgan fingerprint density at radius 1 is 1.17 bits per heavy atom. The fourth-order valence-corrected chi connectivity index (χ4v) is 2.43. The molecule has 1 aromatic rings. The summed E-state index contributed by atoms with van der Waals surface area (Å²) in [5.41, 5.74) is -0.171. The minimum absolute atomic E-state index is 0.161. The summed E-state index contributed by atoms with van der Waals surface area (Å²) in [5, 5.41) is 0. The van der Waals surface area contributed by atoms with Crippen LogP contribution in [0.3, 0.4) is 0 Å². The van der Waals surface area contributed by atoms with Crippen LogP contribution < -0.4 is 4.90 Å². The monoisotopic (exact) mass is 321 g/mol. The first-order chi connectivity index (χ1) is 8.38. The molecule has 0 N–H and O–H groups in total. The molecule has 0 bridgehead atoms. The zero-order valence-electron chi connectivity index (χ0n) is 9.43. The molecule has 1 saturated heterocycles. The van der Waals surface area contributed by atoms with Gasteiger partial charge in [-0.15, -0.1) is 0 Å². The van der Waals surface area contributed by atoms with Gasteiger partial charge in [-0.2, -0.15) is 13.2 Å². The van der Waals surface area contributed by atoms with E-state index in [0.717, 1.165) is 12.1 Å². The van der Waals surface area contributed by atoms with E-state index in [4.69, 9.17) is 0 Å². The van der Waals surface area contributed by atoms with Gasteiger partial charge in [0.05, 0.1) is 11.3 Å². The second-order valence-electron chi connectivity index (χ2n) is 4.19. The molecule has 18 heavy (non-hydrogen) atoms. The lowest BCUT2D eigenvalue weighted by molar-refractivity contribution is -0.137. The molecular weight excluding hydrogens is 311 g/mol. The minimum Gasteiger partial charge on any atom is -0.370 e. The molecule has 1 aliphatic heterocycles. The number of anilines is 1. The summed E-state index contributed by atoms with van der Waals surface area (Å²) in [6, 6.07) is 3.57. The summed E-state index contributed by atoms with van der Waals surface area (Å²) in [4.78, 5) is 12.9. The van der Waals surface area contributed by atoms with Gasteiger partial charge in [-0.05, 0) is 34.1 Å². The molecule has 0 unspecified atom stereocenters. The predicted octanol–water partition coefficient (Wildman–Crippen LogP) is 3.64. The Bertz CT molecular complexity index is 463. The van der Waals surface area contributed by atoms with Crippen LogP contribution in [0.25, 0.3) is 0 Å².